The first-order chi connectivity index (χ1) is 15.5. The summed E-state index contributed by atoms with van der Waals surface area (Å²) in [6.07, 6.45) is 7.36. The minimum atomic E-state index is -0.0265. The highest BCUT2D eigenvalue weighted by Crippen LogP contribution is 2.40. The Hall–Kier alpha value is -1.73. The Bertz CT molecular complexity index is 1070. The molecule has 1 saturated carbocycles. The molecule has 1 saturated heterocycles. The molecule has 8 heteroatoms. The molecule has 0 spiro atoms. The fourth-order valence-corrected chi connectivity index (χ4v) is 5.88. The van der Waals surface area contributed by atoms with Gasteiger partial charge in [-0.2, -0.15) is 0 Å². The number of halogens is 2. The number of ether oxygens (including phenoxy) is 2. The molecule has 168 valence electrons. The van der Waals surface area contributed by atoms with Gasteiger partial charge in [-0.1, -0.05) is 84.6 Å². The second-order valence-electron chi connectivity index (χ2n) is 7.75. The third kappa shape index (κ3) is 5.09. The van der Waals surface area contributed by atoms with Crippen LogP contribution in [0.4, 0.5) is 0 Å². The van der Waals surface area contributed by atoms with Gasteiger partial charge in [-0.15, -0.1) is 0 Å². The molecule has 2 aromatic carbocycles. The normalized spacial score (nSPS) is 18.5. The highest BCUT2D eigenvalue weighted by molar-refractivity contribution is 8.26. The molecule has 2 aliphatic rings. The second kappa shape index (κ2) is 10.5. The highest BCUT2D eigenvalue weighted by Gasteiger charge is 2.37. The first-order valence-corrected chi connectivity index (χ1v) is 12.5. The highest BCUT2D eigenvalue weighted by atomic mass is 35.5. The van der Waals surface area contributed by atoms with E-state index in [0.29, 0.717) is 30.8 Å². The van der Waals surface area contributed by atoms with Gasteiger partial charge >= 0.3 is 0 Å². The molecule has 0 bridgehead atoms. The van der Waals surface area contributed by atoms with Crippen molar-refractivity contribution < 1.29 is 14.3 Å². The maximum atomic E-state index is 13.2. The molecule has 1 heterocycles. The standard InChI is InChI=1S/C24H23Cl2NO3S2/c1-29-20-9-5-6-15(22(20)30-14-16-10-11-17(25)13-19(16)26)12-21-23(28)27(24(31)32-21)18-7-3-2-4-8-18/h5-6,9-13,18H,2-4,7-8,14H2,1H3/b21-12+. The molecule has 1 aliphatic carbocycles. The van der Waals surface area contributed by atoms with E-state index in [4.69, 9.17) is 44.9 Å². The number of rotatable bonds is 6. The van der Waals surface area contributed by atoms with E-state index in [1.807, 2.05) is 30.3 Å². The molecule has 0 radical (unpaired) electrons. The summed E-state index contributed by atoms with van der Waals surface area (Å²) in [6.45, 7) is 0.236. The first-order valence-electron chi connectivity index (χ1n) is 10.5. The Morgan fingerprint density at radius 2 is 1.97 bits per heavy atom. The van der Waals surface area contributed by atoms with E-state index in [0.717, 1.165) is 36.8 Å². The predicted octanol–water partition coefficient (Wildman–Crippen LogP) is 7.11. The lowest BCUT2D eigenvalue weighted by Gasteiger charge is -2.29. The molecule has 32 heavy (non-hydrogen) atoms. The van der Waals surface area contributed by atoms with Crippen LogP contribution in [0.15, 0.2) is 41.3 Å². The van der Waals surface area contributed by atoms with Crippen molar-refractivity contribution in [3.05, 3.63) is 62.5 Å². The second-order valence-corrected chi connectivity index (χ2v) is 10.3. The zero-order valence-corrected chi connectivity index (χ0v) is 20.8. The summed E-state index contributed by atoms with van der Waals surface area (Å²) in [5.74, 6) is 1.09. The van der Waals surface area contributed by atoms with Gasteiger partial charge in [0.1, 0.15) is 10.9 Å². The van der Waals surface area contributed by atoms with Crippen molar-refractivity contribution in [3.63, 3.8) is 0 Å². The Kier molecular flexibility index (Phi) is 7.66. The number of hydrogen-bond acceptors (Lipinski definition) is 5. The average Bonchev–Trinajstić information content (AvgIpc) is 3.07. The number of carbonyl (C=O) groups is 1. The van der Waals surface area contributed by atoms with Crippen LogP contribution in [0, 0.1) is 0 Å². The van der Waals surface area contributed by atoms with Crippen molar-refractivity contribution in [2.75, 3.05) is 7.11 Å². The van der Waals surface area contributed by atoms with Gasteiger partial charge in [-0.3, -0.25) is 9.69 Å². The summed E-state index contributed by atoms with van der Waals surface area (Å²) in [5.41, 5.74) is 1.55. The van der Waals surface area contributed by atoms with E-state index >= 15 is 0 Å². The lowest BCUT2D eigenvalue weighted by atomic mass is 9.94. The Balaban J connectivity index is 1.60. The Morgan fingerprint density at radius 3 is 2.69 bits per heavy atom. The maximum Gasteiger partial charge on any atom is 0.266 e. The van der Waals surface area contributed by atoms with E-state index in [1.165, 1.54) is 18.2 Å². The average molecular weight is 508 g/mol. The fraction of sp³-hybridized carbons (Fsp3) is 0.333. The number of benzene rings is 2. The van der Waals surface area contributed by atoms with Crippen molar-refractivity contribution in [2.24, 2.45) is 0 Å². The Labute approximate surface area is 207 Å². The zero-order valence-electron chi connectivity index (χ0n) is 17.6. The smallest absolute Gasteiger partial charge is 0.266 e. The lowest BCUT2D eigenvalue weighted by molar-refractivity contribution is -0.124. The number of methoxy groups -OCH3 is 1. The molecule has 0 aromatic heterocycles. The molecule has 0 atom stereocenters. The van der Waals surface area contributed by atoms with Crippen LogP contribution in [0.3, 0.4) is 0 Å². The summed E-state index contributed by atoms with van der Waals surface area (Å²) >= 11 is 19.2. The molecule has 1 amide bonds. The summed E-state index contributed by atoms with van der Waals surface area (Å²) in [6, 6.07) is 11.1. The van der Waals surface area contributed by atoms with Gasteiger partial charge in [-0.25, -0.2) is 0 Å². The molecular weight excluding hydrogens is 485 g/mol. The molecule has 4 nitrogen and oxygen atoms in total. The van der Waals surface area contributed by atoms with Gasteiger partial charge in [0.05, 0.1) is 12.0 Å². The summed E-state index contributed by atoms with van der Waals surface area (Å²) in [7, 11) is 1.59. The van der Waals surface area contributed by atoms with Gasteiger partial charge in [0.15, 0.2) is 11.5 Å². The van der Waals surface area contributed by atoms with Gasteiger partial charge in [0, 0.05) is 27.2 Å². The van der Waals surface area contributed by atoms with Crippen molar-refractivity contribution in [1.29, 1.82) is 0 Å². The largest absolute Gasteiger partial charge is 0.493 e. The SMILES string of the molecule is COc1cccc(/C=C2/SC(=S)N(C3CCCCC3)C2=O)c1OCc1ccc(Cl)cc1Cl. The monoisotopic (exact) mass is 507 g/mol. The third-order valence-electron chi connectivity index (χ3n) is 5.67. The molecule has 0 unspecified atom stereocenters. The van der Waals surface area contributed by atoms with Crippen LogP contribution < -0.4 is 9.47 Å². The van der Waals surface area contributed by atoms with Crippen LogP contribution in [0.25, 0.3) is 6.08 Å². The number of para-hydroxylation sites is 1. The van der Waals surface area contributed by atoms with Crippen LogP contribution >= 0.6 is 47.2 Å². The number of thiocarbonyl (C=S) groups is 1. The van der Waals surface area contributed by atoms with Gasteiger partial charge in [-0.05, 0) is 37.1 Å². The number of amides is 1. The van der Waals surface area contributed by atoms with Crippen LogP contribution in [-0.2, 0) is 11.4 Å². The predicted molar refractivity (Wildman–Crippen MR) is 136 cm³/mol. The molecule has 1 aliphatic heterocycles. The van der Waals surface area contributed by atoms with Crippen molar-refractivity contribution in [3.8, 4) is 11.5 Å². The third-order valence-corrected chi connectivity index (χ3v) is 7.58. The topological polar surface area (TPSA) is 38.8 Å². The molecular formula is C24H23Cl2NO3S2. The molecule has 2 fully saturated rings. The maximum absolute atomic E-state index is 13.2. The van der Waals surface area contributed by atoms with E-state index < -0.39 is 0 Å². The van der Waals surface area contributed by atoms with Crippen LogP contribution in [0.2, 0.25) is 10.0 Å². The lowest BCUT2D eigenvalue weighted by Crippen LogP contribution is -2.39. The van der Waals surface area contributed by atoms with Gasteiger partial charge in [0.25, 0.3) is 5.91 Å². The summed E-state index contributed by atoms with van der Waals surface area (Å²) in [5, 5.41) is 1.10. The van der Waals surface area contributed by atoms with Gasteiger partial charge in [0.2, 0.25) is 0 Å². The Morgan fingerprint density at radius 1 is 1.19 bits per heavy atom. The quantitative estimate of drug-likeness (QED) is 0.307. The number of hydrogen-bond donors (Lipinski definition) is 0. The first kappa shape index (κ1) is 23.4. The molecule has 2 aromatic rings. The minimum Gasteiger partial charge on any atom is -0.493 e. The number of nitrogens with zero attached hydrogens (tertiary/aromatic N) is 1. The van der Waals surface area contributed by atoms with E-state index in [2.05, 4.69) is 0 Å². The van der Waals surface area contributed by atoms with Crippen LogP contribution in [-0.4, -0.2) is 28.3 Å². The van der Waals surface area contributed by atoms with Crippen LogP contribution in [0.1, 0.15) is 43.2 Å². The summed E-state index contributed by atoms with van der Waals surface area (Å²) in [4.78, 5) is 15.6. The van der Waals surface area contributed by atoms with Crippen molar-refractivity contribution in [1.82, 2.24) is 4.90 Å². The van der Waals surface area contributed by atoms with E-state index in [1.54, 1.807) is 24.1 Å². The molecule has 4 rings (SSSR count). The fourth-order valence-electron chi connectivity index (χ4n) is 4.03. The van der Waals surface area contributed by atoms with Crippen molar-refractivity contribution in [2.45, 2.75) is 44.8 Å². The minimum absolute atomic E-state index is 0.0265. The number of carbonyl (C=O) groups excluding carboxylic acids is 1. The van der Waals surface area contributed by atoms with E-state index in [-0.39, 0.29) is 18.6 Å². The number of thioether (sulfide) groups is 1. The van der Waals surface area contributed by atoms with Gasteiger partial charge < -0.3 is 9.47 Å². The van der Waals surface area contributed by atoms with E-state index in [9.17, 15) is 4.79 Å². The van der Waals surface area contributed by atoms with Crippen LogP contribution in [0.5, 0.6) is 11.5 Å². The molecule has 0 N–H and O–H groups in total. The summed E-state index contributed by atoms with van der Waals surface area (Å²) < 4.78 is 12.3. The van der Waals surface area contributed by atoms with Crippen molar-refractivity contribution >= 4 is 63.5 Å². The zero-order chi connectivity index (χ0) is 22.7.